The maximum atomic E-state index is 12.4. The molecule has 0 fully saturated rings. The number of benzene rings is 2. The van der Waals surface area contributed by atoms with E-state index in [4.69, 9.17) is 0 Å². The van der Waals surface area contributed by atoms with E-state index in [9.17, 15) is 13.2 Å². The van der Waals surface area contributed by atoms with Crippen LogP contribution in [0.5, 0.6) is 0 Å². The van der Waals surface area contributed by atoms with Gasteiger partial charge in [0.15, 0.2) is 0 Å². The van der Waals surface area contributed by atoms with Crippen LogP contribution < -0.4 is 10.0 Å². The number of nitrogens with zero attached hydrogens (tertiary/aromatic N) is 1. The van der Waals surface area contributed by atoms with Crippen molar-refractivity contribution in [1.29, 1.82) is 0 Å². The third-order valence-corrected chi connectivity index (χ3v) is 5.35. The first kappa shape index (κ1) is 18.0. The van der Waals surface area contributed by atoms with E-state index in [-0.39, 0.29) is 23.8 Å². The van der Waals surface area contributed by atoms with Gasteiger partial charge in [0, 0.05) is 31.9 Å². The van der Waals surface area contributed by atoms with E-state index >= 15 is 0 Å². The van der Waals surface area contributed by atoms with E-state index in [0.717, 1.165) is 16.3 Å². The van der Waals surface area contributed by atoms with Crippen molar-refractivity contribution in [3.05, 3.63) is 72.6 Å². The molecular weight excluding hydrogens is 350 g/mol. The second-order valence-electron chi connectivity index (χ2n) is 5.79. The molecule has 0 aliphatic rings. The summed E-state index contributed by atoms with van der Waals surface area (Å²) < 4.78 is 27.2. The van der Waals surface area contributed by atoms with E-state index in [1.165, 1.54) is 0 Å². The van der Waals surface area contributed by atoms with Crippen LogP contribution in [0.2, 0.25) is 0 Å². The van der Waals surface area contributed by atoms with Crippen LogP contribution in [0.4, 0.5) is 0 Å². The number of hydrogen-bond donors (Lipinski definition) is 2. The molecule has 26 heavy (non-hydrogen) atoms. The Kier molecular flexibility index (Phi) is 5.60. The number of fused-ring (bicyclic) bond motifs is 1. The molecule has 0 aliphatic carbocycles. The minimum absolute atomic E-state index is 0.0357. The number of hydrogen-bond acceptors (Lipinski definition) is 4. The van der Waals surface area contributed by atoms with Crippen LogP contribution in [0.25, 0.3) is 10.8 Å². The molecule has 6 nitrogen and oxygen atoms in total. The number of pyridine rings is 1. The van der Waals surface area contributed by atoms with Crippen LogP contribution in [0.1, 0.15) is 12.0 Å². The van der Waals surface area contributed by atoms with Crippen LogP contribution in [-0.4, -0.2) is 25.9 Å². The lowest BCUT2D eigenvalue weighted by atomic mass is 10.1. The highest BCUT2D eigenvalue weighted by molar-refractivity contribution is 7.89. The van der Waals surface area contributed by atoms with Crippen LogP contribution in [0, 0.1) is 0 Å². The standard InChI is InChI=1S/C19H19N3O3S/c23-19(21-14-15-4-3-10-20-13-15)9-11-22-26(24,25)18-8-7-16-5-1-2-6-17(16)12-18/h1-8,10,12-13,22H,9,11,14H2,(H,21,23). The Morgan fingerprint density at radius 3 is 2.58 bits per heavy atom. The first-order valence-electron chi connectivity index (χ1n) is 8.19. The average Bonchev–Trinajstić information content (AvgIpc) is 2.66. The summed E-state index contributed by atoms with van der Waals surface area (Å²) >= 11 is 0. The summed E-state index contributed by atoms with van der Waals surface area (Å²) in [5.74, 6) is -0.227. The van der Waals surface area contributed by atoms with Crippen molar-refractivity contribution in [2.45, 2.75) is 17.9 Å². The smallest absolute Gasteiger partial charge is 0.240 e. The van der Waals surface area contributed by atoms with Gasteiger partial charge in [0.2, 0.25) is 15.9 Å². The molecule has 0 saturated heterocycles. The van der Waals surface area contributed by atoms with E-state index in [2.05, 4.69) is 15.0 Å². The molecule has 1 aromatic heterocycles. The lowest BCUT2D eigenvalue weighted by Gasteiger charge is -2.08. The lowest BCUT2D eigenvalue weighted by molar-refractivity contribution is -0.121. The van der Waals surface area contributed by atoms with Crippen LogP contribution in [0.15, 0.2) is 71.9 Å². The fourth-order valence-corrected chi connectivity index (χ4v) is 3.58. The molecular formula is C19H19N3O3S. The molecule has 134 valence electrons. The molecule has 0 radical (unpaired) electrons. The molecule has 0 saturated carbocycles. The average molecular weight is 369 g/mol. The zero-order valence-corrected chi connectivity index (χ0v) is 14.9. The SMILES string of the molecule is O=C(CCNS(=O)(=O)c1ccc2ccccc2c1)NCc1cccnc1. The fourth-order valence-electron chi connectivity index (χ4n) is 2.51. The third kappa shape index (κ3) is 4.65. The van der Waals surface area contributed by atoms with Crippen molar-refractivity contribution in [3.63, 3.8) is 0 Å². The Labute approximate surface area is 152 Å². The fraction of sp³-hybridized carbons (Fsp3) is 0.158. The normalized spacial score (nSPS) is 11.4. The van der Waals surface area contributed by atoms with Gasteiger partial charge in [-0.15, -0.1) is 0 Å². The largest absolute Gasteiger partial charge is 0.352 e. The highest BCUT2D eigenvalue weighted by Crippen LogP contribution is 2.18. The molecule has 0 atom stereocenters. The van der Waals surface area contributed by atoms with Gasteiger partial charge < -0.3 is 5.32 Å². The number of rotatable bonds is 7. The Morgan fingerprint density at radius 2 is 1.81 bits per heavy atom. The van der Waals surface area contributed by atoms with Gasteiger partial charge in [-0.2, -0.15) is 0 Å². The van der Waals surface area contributed by atoms with Gasteiger partial charge in [-0.25, -0.2) is 13.1 Å². The van der Waals surface area contributed by atoms with Crippen molar-refractivity contribution < 1.29 is 13.2 Å². The molecule has 7 heteroatoms. The van der Waals surface area contributed by atoms with Gasteiger partial charge in [-0.05, 0) is 34.5 Å². The minimum atomic E-state index is -3.65. The van der Waals surface area contributed by atoms with Crippen molar-refractivity contribution in [1.82, 2.24) is 15.0 Å². The zero-order valence-electron chi connectivity index (χ0n) is 14.1. The molecule has 0 bridgehead atoms. The van der Waals surface area contributed by atoms with Gasteiger partial charge >= 0.3 is 0 Å². The molecule has 2 N–H and O–H groups in total. The molecule has 0 spiro atoms. The van der Waals surface area contributed by atoms with Gasteiger partial charge in [0.1, 0.15) is 0 Å². The van der Waals surface area contributed by atoms with E-state index in [1.54, 1.807) is 36.7 Å². The van der Waals surface area contributed by atoms with Crippen LogP contribution >= 0.6 is 0 Å². The molecule has 0 unspecified atom stereocenters. The summed E-state index contributed by atoms with van der Waals surface area (Å²) in [6.45, 7) is 0.401. The molecule has 3 rings (SSSR count). The van der Waals surface area contributed by atoms with Gasteiger partial charge in [0.25, 0.3) is 0 Å². The molecule has 3 aromatic rings. The van der Waals surface area contributed by atoms with Gasteiger partial charge in [0.05, 0.1) is 4.90 Å². The summed E-state index contributed by atoms with van der Waals surface area (Å²) in [7, 11) is -3.65. The second kappa shape index (κ2) is 8.07. The van der Waals surface area contributed by atoms with Crippen molar-refractivity contribution >= 4 is 26.7 Å². The zero-order chi connectivity index (χ0) is 18.4. The highest BCUT2D eigenvalue weighted by atomic mass is 32.2. The number of aromatic nitrogens is 1. The number of carbonyl (C=O) groups excluding carboxylic acids is 1. The highest BCUT2D eigenvalue weighted by Gasteiger charge is 2.14. The second-order valence-corrected chi connectivity index (χ2v) is 7.56. The van der Waals surface area contributed by atoms with Crippen molar-refractivity contribution in [3.8, 4) is 0 Å². The lowest BCUT2D eigenvalue weighted by Crippen LogP contribution is -2.30. The Morgan fingerprint density at radius 1 is 1.00 bits per heavy atom. The van der Waals surface area contributed by atoms with Crippen molar-refractivity contribution in [2.75, 3.05) is 6.54 Å². The van der Waals surface area contributed by atoms with Crippen molar-refractivity contribution in [2.24, 2.45) is 0 Å². The number of sulfonamides is 1. The van der Waals surface area contributed by atoms with Crippen LogP contribution in [0.3, 0.4) is 0 Å². The maximum Gasteiger partial charge on any atom is 0.240 e. The van der Waals surface area contributed by atoms with E-state index in [1.807, 2.05) is 30.3 Å². The number of nitrogens with one attached hydrogen (secondary N) is 2. The Balaban J connectivity index is 1.53. The van der Waals surface area contributed by atoms with E-state index in [0.29, 0.717) is 6.54 Å². The topological polar surface area (TPSA) is 88.2 Å². The maximum absolute atomic E-state index is 12.4. The summed E-state index contributed by atoms with van der Waals surface area (Å²) in [5.41, 5.74) is 0.887. The first-order valence-corrected chi connectivity index (χ1v) is 9.67. The molecule has 1 amide bonds. The molecule has 0 aliphatic heterocycles. The minimum Gasteiger partial charge on any atom is -0.352 e. The predicted molar refractivity (Wildman–Crippen MR) is 99.8 cm³/mol. The third-order valence-electron chi connectivity index (χ3n) is 3.89. The summed E-state index contributed by atoms with van der Waals surface area (Å²) in [6.07, 6.45) is 3.39. The number of amides is 1. The monoisotopic (exact) mass is 369 g/mol. The predicted octanol–water partition coefficient (Wildman–Crippen LogP) is 2.22. The summed E-state index contributed by atoms with van der Waals surface area (Å²) in [6, 6.07) is 16.1. The molecule has 2 aromatic carbocycles. The van der Waals surface area contributed by atoms with Gasteiger partial charge in [-0.1, -0.05) is 36.4 Å². The number of carbonyl (C=O) groups is 1. The Hall–Kier alpha value is -2.77. The molecule has 1 heterocycles. The van der Waals surface area contributed by atoms with Gasteiger partial charge in [-0.3, -0.25) is 9.78 Å². The van der Waals surface area contributed by atoms with E-state index < -0.39 is 10.0 Å². The first-order chi connectivity index (χ1) is 12.5. The summed E-state index contributed by atoms with van der Waals surface area (Å²) in [5, 5.41) is 4.56. The van der Waals surface area contributed by atoms with Crippen LogP contribution in [-0.2, 0) is 21.4 Å². The quantitative estimate of drug-likeness (QED) is 0.668. The summed E-state index contributed by atoms with van der Waals surface area (Å²) in [4.78, 5) is 16.0. The Bertz CT molecular complexity index is 1000.